The fourth-order valence-corrected chi connectivity index (χ4v) is 5.50. The highest BCUT2D eigenvalue weighted by molar-refractivity contribution is 7.89. The van der Waals surface area contributed by atoms with Gasteiger partial charge in [-0.05, 0) is 44.1 Å². The second-order valence-electron chi connectivity index (χ2n) is 9.10. The van der Waals surface area contributed by atoms with Gasteiger partial charge in [-0.2, -0.15) is 4.98 Å². The summed E-state index contributed by atoms with van der Waals surface area (Å²) in [6.45, 7) is 1.06. The lowest BCUT2D eigenvalue weighted by atomic mass is 9.89. The first-order chi connectivity index (χ1) is 16.0. The van der Waals surface area contributed by atoms with Crippen molar-refractivity contribution >= 4 is 27.0 Å². The molecule has 0 bridgehead atoms. The van der Waals surface area contributed by atoms with Crippen LogP contribution in [0.25, 0.3) is 11.0 Å². The molecule has 2 saturated carbocycles. The smallest absolute Gasteiger partial charge is 0.255 e. The summed E-state index contributed by atoms with van der Waals surface area (Å²) >= 11 is 0. The molecule has 1 N–H and O–H groups in total. The lowest BCUT2D eigenvalue weighted by Crippen LogP contribution is -2.24. The van der Waals surface area contributed by atoms with Crippen LogP contribution in [0.3, 0.4) is 0 Å². The van der Waals surface area contributed by atoms with Crippen molar-refractivity contribution in [1.29, 1.82) is 0 Å². The molecule has 176 valence electrons. The molecule has 0 radical (unpaired) electrons. The predicted molar refractivity (Wildman–Crippen MR) is 125 cm³/mol. The zero-order chi connectivity index (χ0) is 22.8. The summed E-state index contributed by atoms with van der Waals surface area (Å²) < 4.78 is 27.8. The third kappa shape index (κ3) is 5.07. The minimum atomic E-state index is -3.63. The molecular formula is C22H29N7O3S. The largest absolute Gasteiger partial charge is 0.354 e. The van der Waals surface area contributed by atoms with Gasteiger partial charge in [-0.25, -0.2) is 18.4 Å². The Balaban J connectivity index is 1.28. The van der Waals surface area contributed by atoms with E-state index >= 15 is 0 Å². The monoisotopic (exact) mass is 471 g/mol. The van der Waals surface area contributed by atoms with Crippen molar-refractivity contribution in [2.45, 2.75) is 63.8 Å². The quantitative estimate of drug-likeness (QED) is 0.505. The third-order valence-electron chi connectivity index (χ3n) is 6.50. The van der Waals surface area contributed by atoms with Gasteiger partial charge < -0.3 is 5.32 Å². The molecular weight excluding hydrogens is 442 g/mol. The highest BCUT2D eigenvalue weighted by atomic mass is 32.2. The lowest BCUT2D eigenvalue weighted by molar-refractivity contribution is 0.373. The van der Waals surface area contributed by atoms with E-state index in [1.165, 1.54) is 49.1 Å². The molecule has 0 aromatic carbocycles. The zero-order valence-corrected chi connectivity index (χ0v) is 19.4. The summed E-state index contributed by atoms with van der Waals surface area (Å²) in [5.41, 5.74) is 0.298. The van der Waals surface area contributed by atoms with Gasteiger partial charge in [0.05, 0.1) is 5.75 Å². The van der Waals surface area contributed by atoms with Gasteiger partial charge in [0, 0.05) is 36.7 Å². The summed E-state index contributed by atoms with van der Waals surface area (Å²) in [7, 11) is -3.63. The molecule has 0 atom stereocenters. The Morgan fingerprint density at radius 1 is 1.06 bits per heavy atom. The summed E-state index contributed by atoms with van der Waals surface area (Å²) in [5.74, 6) is 1.86. The van der Waals surface area contributed by atoms with Gasteiger partial charge in [0.2, 0.25) is 5.95 Å². The van der Waals surface area contributed by atoms with Gasteiger partial charge in [-0.1, -0.05) is 19.3 Å². The number of nitrogens with one attached hydrogen (secondary N) is 1. The molecule has 0 unspecified atom stereocenters. The van der Waals surface area contributed by atoms with Crippen LogP contribution in [-0.4, -0.2) is 49.4 Å². The molecule has 33 heavy (non-hydrogen) atoms. The summed E-state index contributed by atoms with van der Waals surface area (Å²) in [6, 6.07) is 3.17. The van der Waals surface area contributed by atoms with Crippen molar-refractivity contribution in [1.82, 2.24) is 28.7 Å². The summed E-state index contributed by atoms with van der Waals surface area (Å²) in [4.78, 5) is 25.7. The van der Waals surface area contributed by atoms with Gasteiger partial charge in [0.15, 0.2) is 5.82 Å². The van der Waals surface area contributed by atoms with E-state index in [1.54, 1.807) is 12.3 Å². The first kappa shape index (κ1) is 22.0. The van der Waals surface area contributed by atoms with Gasteiger partial charge in [-0.3, -0.25) is 9.36 Å². The Kier molecular flexibility index (Phi) is 6.13. The van der Waals surface area contributed by atoms with Crippen LogP contribution in [-0.2, 0) is 16.6 Å². The normalized spacial score (nSPS) is 17.5. The average Bonchev–Trinajstić information content (AvgIpc) is 3.55. The van der Waals surface area contributed by atoms with Crippen LogP contribution in [0.1, 0.15) is 63.1 Å². The number of fused-ring (bicyclic) bond motifs is 1. The van der Waals surface area contributed by atoms with Crippen molar-refractivity contribution in [2.24, 2.45) is 5.92 Å². The van der Waals surface area contributed by atoms with Gasteiger partial charge in [0.25, 0.3) is 15.6 Å². The number of hydrogen-bond acceptors (Lipinski definition) is 8. The molecule has 3 heterocycles. The molecule has 0 spiro atoms. The van der Waals surface area contributed by atoms with Crippen LogP contribution in [0.5, 0.6) is 0 Å². The van der Waals surface area contributed by atoms with E-state index in [-0.39, 0.29) is 30.2 Å². The third-order valence-corrected chi connectivity index (χ3v) is 8.05. The Hall–Kier alpha value is -2.82. The second kappa shape index (κ2) is 9.20. The van der Waals surface area contributed by atoms with Crippen LogP contribution in [0.15, 0.2) is 29.5 Å². The van der Waals surface area contributed by atoms with Gasteiger partial charge in [0.1, 0.15) is 12.0 Å². The number of anilines is 1. The molecule has 10 nitrogen and oxygen atoms in total. The molecule has 2 aliphatic carbocycles. The van der Waals surface area contributed by atoms with Crippen LogP contribution >= 0.6 is 0 Å². The van der Waals surface area contributed by atoms with E-state index in [9.17, 15) is 13.2 Å². The minimum absolute atomic E-state index is 0.138. The predicted octanol–water partition coefficient (Wildman–Crippen LogP) is 2.52. The van der Waals surface area contributed by atoms with E-state index in [0.717, 1.165) is 28.9 Å². The number of hydrogen-bond donors (Lipinski definition) is 1. The maximum absolute atomic E-state index is 12.7. The van der Waals surface area contributed by atoms with E-state index in [1.807, 2.05) is 0 Å². The van der Waals surface area contributed by atoms with Gasteiger partial charge >= 0.3 is 0 Å². The number of nitrogens with zero attached hydrogens (tertiary/aromatic N) is 6. The lowest BCUT2D eigenvalue weighted by Gasteiger charge is -2.21. The number of rotatable bonds is 9. The summed E-state index contributed by atoms with van der Waals surface area (Å²) in [6.07, 6.45) is 11.5. The molecule has 3 aromatic rings. The summed E-state index contributed by atoms with van der Waals surface area (Å²) in [5, 5.41) is 8.19. The first-order valence-electron chi connectivity index (χ1n) is 11.7. The molecule has 0 saturated heterocycles. The van der Waals surface area contributed by atoms with E-state index in [0.29, 0.717) is 23.3 Å². The highest BCUT2D eigenvalue weighted by Gasteiger charge is 2.29. The number of pyridine rings is 1. The maximum atomic E-state index is 12.7. The molecule has 0 aliphatic heterocycles. The Labute approximate surface area is 192 Å². The highest BCUT2D eigenvalue weighted by Crippen LogP contribution is 2.37. The van der Waals surface area contributed by atoms with Crippen molar-refractivity contribution in [2.75, 3.05) is 17.6 Å². The molecule has 3 aromatic heterocycles. The topological polar surface area (TPSA) is 125 Å². The first-order valence-corrected chi connectivity index (χ1v) is 13.4. The number of aryl methyl sites for hydroxylation is 1. The van der Waals surface area contributed by atoms with Crippen LogP contribution < -0.4 is 10.9 Å². The maximum Gasteiger partial charge on any atom is 0.255 e. The fraction of sp³-hybridized carbons (Fsp3) is 0.591. The SMILES string of the molecule is O=c1ccc2cnc(NCC3CCCCC3)nc2n1CCCS(=O)(=O)n1cnc(C2CC2)n1. The van der Waals surface area contributed by atoms with Crippen molar-refractivity contribution < 1.29 is 8.42 Å². The van der Waals surface area contributed by atoms with Crippen molar-refractivity contribution in [3.63, 3.8) is 0 Å². The fourth-order valence-electron chi connectivity index (χ4n) is 4.42. The van der Waals surface area contributed by atoms with E-state index in [2.05, 4.69) is 25.4 Å². The Morgan fingerprint density at radius 2 is 1.88 bits per heavy atom. The van der Waals surface area contributed by atoms with Crippen molar-refractivity contribution in [3.8, 4) is 0 Å². The van der Waals surface area contributed by atoms with Crippen molar-refractivity contribution in [3.05, 3.63) is 40.8 Å². The van der Waals surface area contributed by atoms with E-state index < -0.39 is 10.0 Å². The second-order valence-corrected chi connectivity index (χ2v) is 11.0. The average molecular weight is 472 g/mol. The molecule has 2 aliphatic rings. The molecule has 2 fully saturated rings. The Bertz CT molecular complexity index is 1290. The Morgan fingerprint density at radius 3 is 2.67 bits per heavy atom. The molecule has 11 heteroatoms. The molecule has 0 amide bonds. The minimum Gasteiger partial charge on any atom is -0.354 e. The van der Waals surface area contributed by atoms with Crippen LogP contribution in [0.2, 0.25) is 0 Å². The van der Waals surface area contributed by atoms with E-state index in [4.69, 9.17) is 0 Å². The standard InChI is InChI=1S/C22H29N7O3S/c30-19-10-9-18-14-24-22(23-13-16-5-2-1-3-6-16)26-21(18)28(19)11-4-12-33(31,32)29-15-25-20(27-29)17-7-8-17/h9-10,14-17H,1-8,11-13H2,(H,23,24,26). The number of aromatic nitrogens is 6. The molecule has 5 rings (SSSR count). The van der Waals surface area contributed by atoms with Crippen LogP contribution in [0.4, 0.5) is 5.95 Å². The van der Waals surface area contributed by atoms with Crippen LogP contribution in [0, 0.1) is 5.92 Å². The zero-order valence-electron chi connectivity index (χ0n) is 18.6. The van der Waals surface area contributed by atoms with Gasteiger partial charge in [-0.15, -0.1) is 9.19 Å².